The number of benzene rings is 1. The van der Waals surface area contributed by atoms with Gasteiger partial charge in [-0.3, -0.25) is 4.79 Å². The zero-order chi connectivity index (χ0) is 16.4. The lowest BCUT2D eigenvalue weighted by Gasteiger charge is -2.60. The highest BCUT2D eigenvalue weighted by Gasteiger charge is 2.57. The summed E-state index contributed by atoms with van der Waals surface area (Å²) in [5.74, 6) is 1.50. The molecule has 1 amide bonds. The number of rotatable bonds is 3. The quantitative estimate of drug-likeness (QED) is 0.893. The Morgan fingerprint density at radius 3 is 2.67 bits per heavy atom. The van der Waals surface area contributed by atoms with E-state index >= 15 is 0 Å². The van der Waals surface area contributed by atoms with Crippen LogP contribution in [0.1, 0.15) is 68.5 Å². The molecule has 1 aromatic carbocycles. The lowest BCUT2D eigenvalue weighted by Crippen LogP contribution is -2.56. The van der Waals surface area contributed by atoms with E-state index in [-0.39, 0.29) is 17.4 Å². The Morgan fingerprint density at radius 2 is 1.92 bits per heavy atom. The molecule has 5 aliphatic rings. The van der Waals surface area contributed by atoms with Crippen LogP contribution in [0.2, 0.25) is 0 Å². The Hall–Kier alpha value is -1.35. The molecule has 4 fully saturated rings. The van der Waals surface area contributed by atoms with Crippen LogP contribution in [0.5, 0.6) is 0 Å². The van der Waals surface area contributed by atoms with E-state index in [1.807, 2.05) is 0 Å². The predicted molar refractivity (Wildman–Crippen MR) is 92.3 cm³/mol. The third kappa shape index (κ3) is 2.40. The third-order valence-electron chi connectivity index (χ3n) is 7.16. The van der Waals surface area contributed by atoms with E-state index in [1.165, 1.54) is 17.5 Å². The normalized spacial score (nSPS) is 42.1. The van der Waals surface area contributed by atoms with Crippen molar-refractivity contribution in [1.82, 2.24) is 5.32 Å². The summed E-state index contributed by atoms with van der Waals surface area (Å²) >= 11 is 0. The molecule has 4 bridgehead atoms. The number of fused-ring (bicyclic) bond motifs is 1. The first-order valence-electron chi connectivity index (χ1n) is 9.62. The topological polar surface area (TPSA) is 49.3 Å². The molecule has 0 spiro atoms. The molecule has 4 saturated carbocycles. The summed E-state index contributed by atoms with van der Waals surface area (Å²) in [6.07, 6.45) is 9.08. The molecule has 1 aromatic rings. The highest BCUT2D eigenvalue weighted by Crippen LogP contribution is 2.62. The molecule has 3 unspecified atom stereocenters. The fraction of sp³-hybridized carbons (Fsp3) is 0.667. The Balaban J connectivity index is 1.30. The van der Waals surface area contributed by atoms with Crippen LogP contribution in [0.25, 0.3) is 0 Å². The van der Waals surface area contributed by atoms with Crippen LogP contribution in [0, 0.1) is 17.3 Å². The van der Waals surface area contributed by atoms with Gasteiger partial charge in [0.1, 0.15) is 0 Å². The first kappa shape index (κ1) is 14.9. The number of carbonyl (C=O) groups is 1. The second-order valence-corrected chi connectivity index (χ2v) is 9.22. The van der Waals surface area contributed by atoms with Crippen LogP contribution < -0.4 is 5.32 Å². The molecule has 0 saturated heterocycles. The van der Waals surface area contributed by atoms with Crippen molar-refractivity contribution in [2.24, 2.45) is 17.3 Å². The Kier molecular flexibility index (Phi) is 3.16. The van der Waals surface area contributed by atoms with E-state index in [2.05, 4.69) is 29.6 Å². The van der Waals surface area contributed by atoms with Gasteiger partial charge in [0.2, 0.25) is 5.91 Å². The largest absolute Gasteiger partial charge is 0.390 e. The molecule has 5 aliphatic carbocycles. The zero-order valence-electron chi connectivity index (χ0n) is 14.3. The van der Waals surface area contributed by atoms with E-state index < -0.39 is 5.60 Å². The van der Waals surface area contributed by atoms with Gasteiger partial charge in [-0.2, -0.15) is 0 Å². The van der Waals surface area contributed by atoms with Gasteiger partial charge < -0.3 is 10.4 Å². The fourth-order valence-electron chi connectivity index (χ4n) is 6.90. The van der Waals surface area contributed by atoms with Crippen molar-refractivity contribution in [3.63, 3.8) is 0 Å². The monoisotopic (exact) mass is 325 g/mol. The van der Waals surface area contributed by atoms with Gasteiger partial charge in [0.25, 0.3) is 0 Å². The van der Waals surface area contributed by atoms with Gasteiger partial charge >= 0.3 is 0 Å². The molecule has 24 heavy (non-hydrogen) atoms. The standard InChI is InChI=1S/C21H27NO2/c23-19(22-18-6-5-16-3-1-2-4-17(16)18)12-20-8-14-7-15(9-20)11-21(24,10-14)13-20/h1-4,14-15,18,24H,5-13H2,(H,22,23). The summed E-state index contributed by atoms with van der Waals surface area (Å²) < 4.78 is 0. The average molecular weight is 325 g/mol. The minimum Gasteiger partial charge on any atom is -0.390 e. The van der Waals surface area contributed by atoms with E-state index in [1.54, 1.807) is 0 Å². The highest BCUT2D eigenvalue weighted by atomic mass is 16.3. The zero-order valence-corrected chi connectivity index (χ0v) is 14.3. The predicted octanol–water partition coefficient (Wildman–Crippen LogP) is 3.51. The summed E-state index contributed by atoms with van der Waals surface area (Å²) in [6, 6.07) is 8.67. The molecule has 128 valence electrons. The maximum Gasteiger partial charge on any atom is 0.221 e. The molecule has 3 nitrogen and oxygen atoms in total. The SMILES string of the molecule is O=C(CC12CC3CC(CC(O)(C3)C1)C2)NC1CCc2ccccc21. The van der Waals surface area contributed by atoms with Crippen molar-refractivity contribution in [3.8, 4) is 0 Å². The second-order valence-electron chi connectivity index (χ2n) is 9.22. The van der Waals surface area contributed by atoms with Crippen LogP contribution in [-0.4, -0.2) is 16.6 Å². The molecular formula is C21H27NO2. The molecule has 0 radical (unpaired) electrons. The number of aryl methyl sites for hydroxylation is 1. The van der Waals surface area contributed by atoms with Gasteiger partial charge in [-0.25, -0.2) is 0 Å². The Bertz CT molecular complexity index is 668. The van der Waals surface area contributed by atoms with E-state index in [0.717, 1.165) is 44.9 Å². The molecular weight excluding hydrogens is 298 g/mol. The minimum absolute atomic E-state index is 0.0705. The summed E-state index contributed by atoms with van der Waals surface area (Å²) in [7, 11) is 0. The van der Waals surface area contributed by atoms with Crippen molar-refractivity contribution >= 4 is 5.91 Å². The molecule has 2 N–H and O–H groups in total. The van der Waals surface area contributed by atoms with Gasteiger partial charge in [-0.1, -0.05) is 24.3 Å². The number of aliphatic hydroxyl groups is 1. The maximum absolute atomic E-state index is 12.8. The Morgan fingerprint density at radius 1 is 1.17 bits per heavy atom. The summed E-state index contributed by atoms with van der Waals surface area (Å²) in [6.45, 7) is 0. The van der Waals surface area contributed by atoms with Gasteiger partial charge in [-0.15, -0.1) is 0 Å². The van der Waals surface area contributed by atoms with E-state index in [4.69, 9.17) is 0 Å². The van der Waals surface area contributed by atoms with Crippen molar-refractivity contribution in [1.29, 1.82) is 0 Å². The molecule has 3 heteroatoms. The fourth-order valence-corrected chi connectivity index (χ4v) is 6.90. The lowest BCUT2D eigenvalue weighted by atomic mass is 9.47. The van der Waals surface area contributed by atoms with Gasteiger partial charge in [0.05, 0.1) is 11.6 Å². The lowest BCUT2D eigenvalue weighted by molar-refractivity contribution is -0.169. The van der Waals surface area contributed by atoms with Gasteiger partial charge in [-0.05, 0) is 79.7 Å². The Labute approximate surface area is 143 Å². The van der Waals surface area contributed by atoms with Gasteiger partial charge in [0, 0.05) is 6.42 Å². The summed E-state index contributed by atoms with van der Waals surface area (Å²) in [5.41, 5.74) is 2.28. The second kappa shape index (κ2) is 5.08. The first-order chi connectivity index (χ1) is 11.5. The summed E-state index contributed by atoms with van der Waals surface area (Å²) in [5, 5.41) is 14.2. The molecule has 0 aromatic heterocycles. The molecule has 3 atom stereocenters. The minimum atomic E-state index is -0.468. The number of amides is 1. The van der Waals surface area contributed by atoms with E-state index in [9.17, 15) is 9.90 Å². The van der Waals surface area contributed by atoms with Crippen LogP contribution >= 0.6 is 0 Å². The molecule has 0 aliphatic heterocycles. The van der Waals surface area contributed by atoms with E-state index in [0.29, 0.717) is 18.3 Å². The number of carbonyl (C=O) groups excluding carboxylic acids is 1. The van der Waals surface area contributed by atoms with Crippen LogP contribution in [0.15, 0.2) is 24.3 Å². The van der Waals surface area contributed by atoms with Crippen LogP contribution in [0.3, 0.4) is 0 Å². The smallest absolute Gasteiger partial charge is 0.221 e. The first-order valence-corrected chi connectivity index (χ1v) is 9.62. The number of nitrogens with one attached hydrogen (secondary N) is 1. The summed E-state index contributed by atoms with van der Waals surface area (Å²) in [4.78, 5) is 12.8. The van der Waals surface area contributed by atoms with Crippen LogP contribution in [0.4, 0.5) is 0 Å². The third-order valence-corrected chi connectivity index (χ3v) is 7.16. The molecule has 6 rings (SSSR count). The average Bonchev–Trinajstić information content (AvgIpc) is 2.87. The highest BCUT2D eigenvalue weighted by molar-refractivity contribution is 5.77. The van der Waals surface area contributed by atoms with Gasteiger partial charge in [0.15, 0.2) is 0 Å². The number of hydrogen-bond acceptors (Lipinski definition) is 2. The van der Waals surface area contributed by atoms with Crippen molar-refractivity contribution < 1.29 is 9.90 Å². The number of hydrogen-bond donors (Lipinski definition) is 2. The maximum atomic E-state index is 12.8. The molecule has 0 heterocycles. The van der Waals surface area contributed by atoms with Crippen molar-refractivity contribution in [2.75, 3.05) is 0 Å². The van der Waals surface area contributed by atoms with Crippen molar-refractivity contribution in [2.45, 2.75) is 69.4 Å². The van der Waals surface area contributed by atoms with Crippen molar-refractivity contribution in [3.05, 3.63) is 35.4 Å². The van der Waals surface area contributed by atoms with Crippen LogP contribution in [-0.2, 0) is 11.2 Å².